The molecule has 0 spiro atoms. The van der Waals surface area contributed by atoms with E-state index in [1.54, 1.807) is 0 Å². The molecule has 0 aliphatic rings. The maximum absolute atomic E-state index is 11.8. The molecule has 0 saturated carbocycles. The lowest BCUT2D eigenvalue weighted by atomic mass is 10.1. The van der Waals surface area contributed by atoms with E-state index in [2.05, 4.69) is 10.6 Å². The molecule has 0 heterocycles. The summed E-state index contributed by atoms with van der Waals surface area (Å²) in [5.41, 5.74) is 2.18. The molecule has 0 radical (unpaired) electrons. The first-order valence-corrected chi connectivity index (χ1v) is 6.39. The zero-order valence-corrected chi connectivity index (χ0v) is 11.0. The van der Waals surface area contributed by atoms with Crippen molar-refractivity contribution in [3.05, 3.63) is 71.8 Å². The first kappa shape index (κ1) is 13.1. The Bertz CT molecular complexity index is 511. The molecule has 3 nitrogen and oxygen atoms in total. The second-order valence-corrected chi connectivity index (χ2v) is 4.44. The van der Waals surface area contributed by atoms with Crippen LogP contribution in [0.1, 0.15) is 24.1 Å². The van der Waals surface area contributed by atoms with Crippen molar-refractivity contribution in [1.29, 1.82) is 0 Å². The SMILES string of the molecule is C[C@H](NC(=O)NCc1ccccc1)c1ccccc1. The third kappa shape index (κ3) is 4.14. The number of hydrogen-bond donors (Lipinski definition) is 2. The molecule has 0 saturated heterocycles. The fourth-order valence-corrected chi connectivity index (χ4v) is 1.85. The van der Waals surface area contributed by atoms with Crippen LogP contribution in [-0.2, 0) is 6.54 Å². The van der Waals surface area contributed by atoms with E-state index < -0.39 is 0 Å². The summed E-state index contributed by atoms with van der Waals surface area (Å²) in [6.45, 7) is 2.51. The summed E-state index contributed by atoms with van der Waals surface area (Å²) in [5.74, 6) is 0. The van der Waals surface area contributed by atoms with Gasteiger partial charge in [0.25, 0.3) is 0 Å². The second kappa shape index (κ2) is 6.59. The quantitative estimate of drug-likeness (QED) is 0.864. The van der Waals surface area contributed by atoms with Crippen LogP contribution in [0.5, 0.6) is 0 Å². The Morgan fingerprint density at radius 2 is 1.58 bits per heavy atom. The van der Waals surface area contributed by atoms with E-state index in [9.17, 15) is 4.79 Å². The predicted molar refractivity (Wildman–Crippen MR) is 76.7 cm³/mol. The first-order chi connectivity index (χ1) is 9.25. The van der Waals surface area contributed by atoms with Crippen LogP contribution in [0.3, 0.4) is 0 Å². The molecule has 19 heavy (non-hydrogen) atoms. The standard InChI is InChI=1S/C16H18N2O/c1-13(15-10-6-3-7-11-15)18-16(19)17-12-14-8-4-2-5-9-14/h2-11,13H,12H2,1H3,(H2,17,18,19)/t13-/m0/s1. The van der Waals surface area contributed by atoms with Gasteiger partial charge in [-0.25, -0.2) is 4.79 Å². The van der Waals surface area contributed by atoms with Crippen LogP contribution in [0, 0.1) is 0 Å². The fourth-order valence-electron chi connectivity index (χ4n) is 1.85. The zero-order valence-electron chi connectivity index (χ0n) is 11.0. The molecular weight excluding hydrogens is 236 g/mol. The van der Waals surface area contributed by atoms with E-state index in [1.165, 1.54) is 0 Å². The molecule has 1 atom stereocenters. The topological polar surface area (TPSA) is 41.1 Å². The second-order valence-electron chi connectivity index (χ2n) is 4.44. The van der Waals surface area contributed by atoms with Crippen LogP contribution in [0.15, 0.2) is 60.7 Å². The Labute approximate surface area is 113 Å². The van der Waals surface area contributed by atoms with Gasteiger partial charge in [-0.3, -0.25) is 0 Å². The van der Waals surface area contributed by atoms with E-state index in [4.69, 9.17) is 0 Å². The van der Waals surface area contributed by atoms with Crippen molar-refractivity contribution < 1.29 is 4.79 Å². The van der Waals surface area contributed by atoms with Gasteiger partial charge in [-0.1, -0.05) is 60.7 Å². The van der Waals surface area contributed by atoms with E-state index in [0.29, 0.717) is 6.54 Å². The maximum atomic E-state index is 11.8. The maximum Gasteiger partial charge on any atom is 0.315 e. The van der Waals surface area contributed by atoms with Crippen molar-refractivity contribution in [2.45, 2.75) is 19.5 Å². The van der Waals surface area contributed by atoms with Gasteiger partial charge in [-0.05, 0) is 18.1 Å². The number of carbonyl (C=O) groups is 1. The van der Waals surface area contributed by atoms with Gasteiger partial charge in [0.1, 0.15) is 0 Å². The molecule has 2 aromatic rings. The van der Waals surface area contributed by atoms with Crippen LogP contribution in [0.4, 0.5) is 4.79 Å². The lowest BCUT2D eigenvalue weighted by Gasteiger charge is -2.15. The highest BCUT2D eigenvalue weighted by Gasteiger charge is 2.08. The van der Waals surface area contributed by atoms with Crippen molar-refractivity contribution in [2.24, 2.45) is 0 Å². The zero-order chi connectivity index (χ0) is 13.5. The average Bonchev–Trinajstić information content (AvgIpc) is 2.47. The van der Waals surface area contributed by atoms with Crippen molar-refractivity contribution >= 4 is 6.03 Å². The molecule has 0 aliphatic heterocycles. The molecule has 0 unspecified atom stereocenters. The Balaban J connectivity index is 1.82. The number of nitrogens with one attached hydrogen (secondary N) is 2. The molecule has 2 amide bonds. The summed E-state index contributed by atoms with van der Waals surface area (Å²) < 4.78 is 0. The van der Waals surface area contributed by atoms with Gasteiger partial charge in [0.05, 0.1) is 6.04 Å². The van der Waals surface area contributed by atoms with Gasteiger partial charge in [0.15, 0.2) is 0 Å². The number of hydrogen-bond acceptors (Lipinski definition) is 1. The smallest absolute Gasteiger partial charge is 0.315 e. The third-order valence-corrected chi connectivity index (χ3v) is 2.94. The summed E-state index contributed by atoms with van der Waals surface area (Å²) in [7, 11) is 0. The van der Waals surface area contributed by atoms with Crippen molar-refractivity contribution in [1.82, 2.24) is 10.6 Å². The molecule has 3 heteroatoms. The normalized spacial score (nSPS) is 11.6. The van der Waals surface area contributed by atoms with E-state index in [1.807, 2.05) is 67.6 Å². The van der Waals surface area contributed by atoms with Gasteiger partial charge >= 0.3 is 6.03 Å². The lowest BCUT2D eigenvalue weighted by Crippen LogP contribution is -2.36. The van der Waals surface area contributed by atoms with E-state index in [-0.39, 0.29) is 12.1 Å². The number of amides is 2. The summed E-state index contributed by atoms with van der Waals surface area (Å²) in [4.78, 5) is 11.8. The Kier molecular flexibility index (Phi) is 4.56. The molecule has 0 bridgehead atoms. The Hall–Kier alpha value is -2.29. The molecular formula is C16H18N2O. The van der Waals surface area contributed by atoms with Crippen LogP contribution in [-0.4, -0.2) is 6.03 Å². The van der Waals surface area contributed by atoms with Crippen molar-refractivity contribution in [2.75, 3.05) is 0 Å². The lowest BCUT2D eigenvalue weighted by molar-refractivity contribution is 0.237. The van der Waals surface area contributed by atoms with Crippen LogP contribution < -0.4 is 10.6 Å². The van der Waals surface area contributed by atoms with Gasteiger partial charge in [-0.15, -0.1) is 0 Å². The van der Waals surface area contributed by atoms with Crippen LogP contribution in [0.25, 0.3) is 0 Å². The highest BCUT2D eigenvalue weighted by atomic mass is 16.2. The number of rotatable bonds is 4. The number of urea groups is 1. The van der Waals surface area contributed by atoms with Crippen LogP contribution >= 0.6 is 0 Å². The van der Waals surface area contributed by atoms with Gasteiger partial charge < -0.3 is 10.6 Å². The molecule has 98 valence electrons. The fraction of sp³-hybridized carbons (Fsp3) is 0.188. The minimum Gasteiger partial charge on any atom is -0.334 e. The minimum absolute atomic E-state index is 0.00280. The highest BCUT2D eigenvalue weighted by Crippen LogP contribution is 2.10. The minimum atomic E-state index is -0.153. The van der Waals surface area contributed by atoms with Gasteiger partial charge in [0.2, 0.25) is 0 Å². The summed E-state index contributed by atoms with van der Waals surface area (Å²) in [5, 5.41) is 5.77. The van der Waals surface area contributed by atoms with Gasteiger partial charge in [-0.2, -0.15) is 0 Å². The van der Waals surface area contributed by atoms with Gasteiger partial charge in [0, 0.05) is 6.54 Å². The van der Waals surface area contributed by atoms with E-state index in [0.717, 1.165) is 11.1 Å². The first-order valence-electron chi connectivity index (χ1n) is 6.39. The molecule has 0 aromatic heterocycles. The summed E-state index contributed by atoms with van der Waals surface area (Å²) in [6, 6.07) is 19.6. The predicted octanol–water partition coefficient (Wildman–Crippen LogP) is 3.25. The van der Waals surface area contributed by atoms with Crippen molar-refractivity contribution in [3.8, 4) is 0 Å². The molecule has 2 N–H and O–H groups in total. The van der Waals surface area contributed by atoms with E-state index >= 15 is 0 Å². The Morgan fingerprint density at radius 3 is 2.21 bits per heavy atom. The average molecular weight is 254 g/mol. The number of carbonyl (C=O) groups excluding carboxylic acids is 1. The van der Waals surface area contributed by atoms with Crippen LogP contribution in [0.2, 0.25) is 0 Å². The third-order valence-electron chi connectivity index (χ3n) is 2.94. The number of benzene rings is 2. The largest absolute Gasteiger partial charge is 0.334 e. The monoisotopic (exact) mass is 254 g/mol. The Morgan fingerprint density at radius 1 is 1.00 bits per heavy atom. The highest BCUT2D eigenvalue weighted by molar-refractivity contribution is 5.74. The summed E-state index contributed by atoms with van der Waals surface area (Å²) in [6.07, 6.45) is 0. The molecule has 2 rings (SSSR count). The molecule has 2 aromatic carbocycles. The molecule has 0 fully saturated rings. The van der Waals surface area contributed by atoms with Crippen molar-refractivity contribution in [3.63, 3.8) is 0 Å². The molecule has 0 aliphatic carbocycles. The summed E-state index contributed by atoms with van der Waals surface area (Å²) >= 11 is 0.